The Hall–Kier alpha value is -4.59. The van der Waals surface area contributed by atoms with Gasteiger partial charge in [0.1, 0.15) is 6.10 Å². The molecular formula is C34H33N3O4. The van der Waals surface area contributed by atoms with Gasteiger partial charge in [-0.05, 0) is 36.6 Å². The zero-order chi connectivity index (χ0) is 28.6. The highest BCUT2D eigenvalue weighted by Gasteiger charge is 2.32. The molecule has 0 bridgehead atoms. The summed E-state index contributed by atoms with van der Waals surface area (Å²) in [5.41, 5.74) is 3.76. The van der Waals surface area contributed by atoms with Crippen molar-refractivity contribution in [1.29, 1.82) is 0 Å². The van der Waals surface area contributed by atoms with E-state index in [1.807, 2.05) is 66.7 Å². The lowest BCUT2D eigenvalue weighted by molar-refractivity contribution is -0.141. The second kappa shape index (κ2) is 13.2. The lowest BCUT2D eigenvalue weighted by Crippen LogP contribution is -2.39. The molecular weight excluding hydrogens is 514 g/mol. The van der Waals surface area contributed by atoms with Gasteiger partial charge in [-0.15, -0.1) is 0 Å². The first kappa shape index (κ1) is 28.0. The highest BCUT2D eigenvalue weighted by molar-refractivity contribution is 6.17. The fourth-order valence-electron chi connectivity index (χ4n) is 5.27. The molecule has 1 aliphatic heterocycles. The van der Waals surface area contributed by atoms with Crippen molar-refractivity contribution in [3.8, 4) is 0 Å². The van der Waals surface area contributed by atoms with Crippen molar-refractivity contribution < 1.29 is 19.8 Å². The van der Waals surface area contributed by atoms with Gasteiger partial charge >= 0.3 is 5.97 Å². The molecule has 0 unspecified atom stereocenters. The third kappa shape index (κ3) is 6.77. The fraction of sp³-hybridized carbons (Fsp3) is 0.206. The summed E-state index contributed by atoms with van der Waals surface area (Å²) in [5.74, 6) is -1.36. The highest BCUT2D eigenvalue weighted by Crippen LogP contribution is 2.27. The number of nitrogens with one attached hydrogen (secondary N) is 1. The Morgan fingerprint density at radius 2 is 1.46 bits per heavy atom. The summed E-state index contributed by atoms with van der Waals surface area (Å²) < 4.78 is 0. The molecule has 41 heavy (non-hydrogen) atoms. The molecule has 1 amide bonds. The van der Waals surface area contributed by atoms with Crippen LogP contribution in [0.2, 0.25) is 0 Å². The molecule has 4 aromatic rings. The first-order valence-corrected chi connectivity index (χ1v) is 13.8. The second-order valence-electron chi connectivity index (χ2n) is 10.1. The standard InChI is InChI=1S/C34H33N3O4/c38-32(26-17-8-3-9-18-26)31(34(40)41)36-30(25-15-6-2-7-16-25)27-19-10-11-20-28(27)35-33(39)29-21-12-22-37(29)23-24-13-4-1-5-14-24/h1-11,13-20,29,31-32,38H,12,21-23H2,(H,35,39)(H,40,41)/t29-,31-,32+/m0/s1. The number of likely N-dealkylation sites (tertiary alicyclic amines) is 1. The number of amides is 1. The molecule has 1 fully saturated rings. The van der Waals surface area contributed by atoms with Crippen LogP contribution in [-0.2, 0) is 16.1 Å². The number of aliphatic hydroxyl groups is 1. The Bertz CT molecular complexity index is 1490. The lowest BCUT2D eigenvalue weighted by atomic mass is 9.98. The molecule has 0 saturated carbocycles. The van der Waals surface area contributed by atoms with Crippen molar-refractivity contribution in [1.82, 2.24) is 4.90 Å². The molecule has 3 atom stereocenters. The van der Waals surface area contributed by atoms with Crippen LogP contribution in [-0.4, -0.2) is 51.3 Å². The number of hydrogen-bond acceptors (Lipinski definition) is 5. The van der Waals surface area contributed by atoms with Gasteiger partial charge in [0, 0.05) is 17.7 Å². The van der Waals surface area contributed by atoms with Crippen LogP contribution in [0.4, 0.5) is 5.69 Å². The van der Waals surface area contributed by atoms with E-state index in [1.165, 1.54) is 0 Å². The summed E-state index contributed by atoms with van der Waals surface area (Å²) in [6.45, 7) is 1.53. The van der Waals surface area contributed by atoms with E-state index in [2.05, 4.69) is 27.3 Å². The number of aliphatic carboxylic acids is 1. The van der Waals surface area contributed by atoms with Crippen LogP contribution in [0, 0.1) is 0 Å². The molecule has 0 radical (unpaired) electrons. The van der Waals surface area contributed by atoms with E-state index in [9.17, 15) is 19.8 Å². The van der Waals surface area contributed by atoms with E-state index >= 15 is 0 Å². The van der Waals surface area contributed by atoms with Crippen molar-refractivity contribution in [3.63, 3.8) is 0 Å². The Kier molecular flexibility index (Phi) is 8.98. The maximum Gasteiger partial charge on any atom is 0.331 e. The van der Waals surface area contributed by atoms with Gasteiger partial charge < -0.3 is 15.5 Å². The average Bonchev–Trinajstić information content (AvgIpc) is 3.47. The number of aliphatic hydroxyl groups excluding tert-OH is 1. The van der Waals surface area contributed by atoms with Crippen molar-refractivity contribution in [2.45, 2.75) is 37.6 Å². The average molecular weight is 548 g/mol. The van der Waals surface area contributed by atoms with E-state index in [1.54, 1.807) is 36.4 Å². The van der Waals surface area contributed by atoms with Gasteiger partial charge in [-0.25, -0.2) is 4.79 Å². The van der Waals surface area contributed by atoms with Gasteiger partial charge in [-0.3, -0.25) is 14.7 Å². The molecule has 3 N–H and O–H groups in total. The number of carbonyl (C=O) groups excluding carboxylic acids is 1. The van der Waals surface area contributed by atoms with Crippen molar-refractivity contribution in [2.24, 2.45) is 4.99 Å². The number of benzene rings is 4. The number of anilines is 1. The molecule has 5 rings (SSSR count). The van der Waals surface area contributed by atoms with Crippen molar-refractivity contribution in [3.05, 3.63) is 138 Å². The van der Waals surface area contributed by atoms with Crippen LogP contribution in [0.25, 0.3) is 0 Å². The van der Waals surface area contributed by atoms with E-state index in [4.69, 9.17) is 0 Å². The van der Waals surface area contributed by atoms with Gasteiger partial charge in [0.2, 0.25) is 5.91 Å². The van der Waals surface area contributed by atoms with Crippen molar-refractivity contribution in [2.75, 3.05) is 11.9 Å². The number of para-hydroxylation sites is 1. The smallest absolute Gasteiger partial charge is 0.331 e. The summed E-state index contributed by atoms with van der Waals surface area (Å²) in [7, 11) is 0. The molecule has 0 aliphatic carbocycles. The number of hydrogen-bond donors (Lipinski definition) is 3. The predicted molar refractivity (Wildman–Crippen MR) is 160 cm³/mol. The topological polar surface area (TPSA) is 102 Å². The summed E-state index contributed by atoms with van der Waals surface area (Å²) >= 11 is 0. The fourth-order valence-corrected chi connectivity index (χ4v) is 5.27. The number of carboxylic acid groups (broad SMARTS) is 1. The monoisotopic (exact) mass is 547 g/mol. The zero-order valence-electron chi connectivity index (χ0n) is 22.6. The molecule has 1 saturated heterocycles. The zero-order valence-corrected chi connectivity index (χ0v) is 22.6. The van der Waals surface area contributed by atoms with E-state index in [0.29, 0.717) is 34.6 Å². The Labute approximate surface area is 239 Å². The van der Waals surface area contributed by atoms with Crippen LogP contribution in [0.5, 0.6) is 0 Å². The molecule has 208 valence electrons. The van der Waals surface area contributed by atoms with Crippen LogP contribution in [0.1, 0.15) is 41.2 Å². The summed E-state index contributed by atoms with van der Waals surface area (Å²) in [6.07, 6.45) is 0.324. The second-order valence-corrected chi connectivity index (χ2v) is 10.1. The Morgan fingerprint density at radius 1 is 0.854 bits per heavy atom. The summed E-state index contributed by atoms with van der Waals surface area (Å²) in [4.78, 5) is 32.8. The number of nitrogens with zero attached hydrogens (tertiary/aromatic N) is 2. The van der Waals surface area contributed by atoms with Gasteiger partial charge in [0.25, 0.3) is 0 Å². The minimum atomic E-state index is -1.47. The van der Waals surface area contributed by atoms with Crippen LogP contribution in [0.15, 0.2) is 120 Å². The molecule has 4 aromatic carbocycles. The minimum Gasteiger partial charge on any atom is -0.480 e. The summed E-state index contributed by atoms with van der Waals surface area (Å²) in [5, 5.41) is 24.3. The van der Waals surface area contributed by atoms with Crippen LogP contribution < -0.4 is 5.32 Å². The third-order valence-corrected chi connectivity index (χ3v) is 7.34. The van der Waals surface area contributed by atoms with Gasteiger partial charge in [-0.2, -0.15) is 0 Å². The van der Waals surface area contributed by atoms with Crippen molar-refractivity contribution >= 4 is 23.3 Å². The highest BCUT2D eigenvalue weighted by atomic mass is 16.4. The number of aliphatic imine (C=N–C) groups is 1. The molecule has 0 spiro atoms. The molecule has 1 heterocycles. The first-order chi connectivity index (χ1) is 20.0. The van der Waals surface area contributed by atoms with E-state index in [0.717, 1.165) is 24.9 Å². The maximum atomic E-state index is 13.6. The van der Waals surface area contributed by atoms with E-state index in [-0.39, 0.29) is 11.9 Å². The van der Waals surface area contributed by atoms with Gasteiger partial charge in [-0.1, -0.05) is 109 Å². The third-order valence-electron chi connectivity index (χ3n) is 7.34. The van der Waals surface area contributed by atoms with E-state index < -0.39 is 18.1 Å². The molecule has 0 aromatic heterocycles. The largest absolute Gasteiger partial charge is 0.480 e. The maximum absolute atomic E-state index is 13.6. The van der Waals surface area contributed by atoms with Gasteiger partial charge in [0.15, 0.2) is 6.04 Å². The predicted octanol–water partition coefficient (Wildman–Crippen LogP) is 5.31. The number of carboxylic acids is 1. The molecule has 7 heteroatoms. The van der Waals surface area contributed by atoms with Crippen LogP contribution in [0.3, 0.4) is 0 Å². The SMILES string of the molecule is O=C(O)[C@@H](N=C(c1ccccc1)c1ccccc1NC(=O)[C@@H]1CCCN1Cc1ccccc1)[C@H](O)c1ccccc1. The van der Waals surface area contributed by atoms with Gasteiger partial charge in [0.05, 0.1) is 17.4 Å². The number of rotatable bonds is 10. The van der Waals surface area contributed by atoms with Crippen LogP contribution >= 0.6 is 0 Å². The normalized spacial score (nSPS) is 17.1. The first-order valence-electron chi connectivity index (χ1n) is 13.8. The molecule has 1 aliphatic rings. The quantitative estimate of drug-likeness (QED) is 0.234. The minimum absolute atomic E-state index is 0.114. The Balaban J connectivity index is 1.48. The lowest BCUT2D eigenvalue weighted by Gasteiger charge is -2.24. The number of carbonyl (C=O) groups is 2. The summed E-state index contributed by atoms with van der Waals surface area (Å²) in [6, 6.07) is 33.5. The Morgan fingerprint density at radius 3 is 2.15 bits per heavy atom. The molecule has 7 nitrogen and oxygen atoms in total.